The molecule has 1 aliphatic carbocycles. The molecule has 1 heterocycles. The molecule has 0 bridgehead atoms. The van der Waals surface area contributed by atoms with Gasteiger partial charge in [0.1, 0.15) is 5.54 Å². The molecule has 1 aliphatic heterocycles. The van der Waals surface area contributed by atoms with Gasteiger partial charge >= 0.3 is 12.0 Å². The summed E-state index contributed by atoms with van der Waals surface area (Å²) < 4.78 is 0. The van der Waals surface area contributed by atoms with Gasteiger partial charge in [-0.25, -0.2) is 9.59 Å². The molecular formula is C12H20N2O3. The fourth-order valence-corrected chi connectivity index (χ4v) is 2.52. The molecule has 0 aromatic heterocycles. The summed E-state index contributed by atoms with van der Waals surface area (Å²) in [5.41, 5.74) is -1.10. The van der Waals surface area contributed by atoms with Crippen molar-refractivity contribution in [2.24, 2.45) is 5.92 Å². The zero-order valence-corrected chi connectivity index (χ0v) is 10.4. The third-order valence-electron chi connectivity index (χ3n) is 4.02. The molecule has 2 fully saturated rings. The molecule has 0 aromatic rings. The van der Waals surface area contributed by atoms with Crippen LogP contribution in [0, 0.1) is 5.92 Å². The van der Waals surface area contributed by atoms with Gasteiger partial charge in [-0.05, 0) is 45.4 Å². The first kappa shape index (κ1) is 12.2. The Hall–Kier alpha value is -1.26. The van der Waals surface area contributed by atoms with Gasteiger partial charge in [-0.2, -0.15) is 0 Å². The number of nitrogens with one attached hydrogen (secondary N) is 1. The number of hydrogen-bond acceptors (Lipinski definition) is 2. The van der Waals surface area contributed by atoms with Crippen LogP contribution < -0.4 is 5.32 Å². The van der Waals surface area contributed by atoms with E-state index in [0.29, 0.717) is 0 Å². The average Bonchev–Trinajstić information content (AvgIpc) is 3.01. The second-order valence-electron chi connectivity index (χ2n) is 5.40. The summed E-state index contributed by atoms with van der Waals surface area (Å²) in [6.45, 7) is 4.35. The Kier molecular flexibility index (Phi) is 3.02. The van der Waals surface area contributed by atoms with Gasteiger partial charge < -0.3 is 15.3 Å². The number of hydrogen-bond donors (Lipinski definition) is 2. The number of aliphatic carboxylic acids is 1. The SMILES string of the molecule is CC1CCCN1C(=O)NC(C)(C(=O)O)C1CC1. The normalized spacial score (nSPS) is 27.6. The number of amides is 2. The van der Waals surface area contributed by atoms with Gasteiger partial charge in [-0.3, -0.25) is 0 Å². The van der Waals surface area contributed by atoms with E-state index in [0.717, 1.165) is 32.2 Å². The van der Waals surface area contributed by atoms with Gasteiger partial charge in [0.15, 0.2) is 0 Å². The van der Waals surface area contributed by atoms with E-state index in [9.17, 15) is 14.7 Å². The quantitative estimate of drug-likeness (QED) is 0.784. The van der Waals surface area contributed by atoms with Gasteiger partial charge in [-0.15, -0.1) is 0 Å². The number of carboxylic acid groups (broad SMARTS) is 1. The number of nitrogens with zero attached hydrogens (tertiary/aromatic N) is 1. The number of carbonyl (C=O) groups is 2. The summed E-state index contributed by atoms with van der Waals surface area (Å²) in [4.78, 5) is 25.1. The smallest absolute Gasteiger partial charge is 0.329 e. The topological polar surface area (TPSA) is 69.6 Å². The highest BCUT2D eigenvalue weighted by atomic mass is 16.4. The Balaban J connectivity index is 2.03. The van der Waals surface area contributed by atoms with E-state index in [4.69, 9.17) is 0 Å². The van der Waals surface area contributed by atoms with Crippen LogP contribution in [-0.4, -0.2) is 40.1 Å². The van der Waals surface area contributed by atoms with E-state index in [1.54, 1.807) is 11.8 Å². The van der Waals surface area contributed by atoms with Crippen molar-refractivity contribution in [1.82, 2.24) is 10.2 Å². The van der Waals surface area contributed by atoms with Crippen LogP contribution in [0.15, 0.2) is 0 Å². The summed E-state index contributed by atoms with van der Waals surface area (Å²) in [6, 6.07) is -0.0148. The molecule has 1 saturated heterocycles. The lowest BCUT2D eigenvalue weighted by molar-refractivity contribution is -0.144. The molecule has 2 aliphatic rings. The molecule has 2 amide bonds. The van der Waals surface area contributed by atoms with E-state index in [-0.39, 0.29) is 18.0 Å². The number of carboxylic acids is 1. The zero-order chi connectivity index (χ0) is 12.6. The maximum atomic E-state index is 12.1. The van der Waals surface area contributed by atoms with E-state index in [1.807, 2.05) is 6.92 Å². The third-order valence-corrected chi connectivity index (χ3v) is 4.02. The van der Waals surface area contributed by atoms with Crippen molar-refractivity contribution in [2.75, 3.05) is 6.54 Å². The van der Waals surface area contributed by atoms with E-state index < -0.39 is 11.5 Å². The van der Waals surface area contributed by atoms with Crippen LogP contribution in [0.25, 0.3) is 0 Å². The van der Waals surface area contributed by atoms with Crippen molar-refractivity contribution in [3.05, 3.63) is 0 Å². The van der Waals surface area contributed by atoms with Crippen LogP contribution in [0.5, 0.6) is 0 Å². The van der Waals surface area contributed by atoms with Crippen LogP contribution >= 0.6 is 0 Å². The molecule has 0 aromatic carbocycles. The Bertz CT molecular complexity index is 341. The minimum absolute atomic E-state index is 0.0851. The first-order valence-corrected chi connectivity index (χ1v) is 6.27. The average molecular weight is 240 g/mol. The number of rotatable bonds is 3. The number of carbonyl (C=O) groups excluding carboxylic acids is 1. The van der Waals surface area contributed by atoms with Crippen LogP contribution in [0.4, 0.5) is 4.79 Å². The highest BCUT2D eigenvalue weighted by molar-refractivity contribution is 5.86. The van der Waals surface area contributed by atoms with Gasteiger partial charge in [-0.1, -0.05) is 0 Å². The summed E-state index contributed by atoms with van der Waals surface area (Å²) in [7, 11) is 0. The van der Waals surface area contributed by atoms with Crippen molar-refractivity contribution >= 4 is 12.0 Å². The van der Waals surface area contributed by atoms with Gasteiger partial charge in [0.05, 0.1) is 0 Å². The number of urea groups is 1. The lowest BCUT2D eigenvalue weighted by Gasteiger charge is -2.30. The van der Waals surface area contributed by atoms with Crippen LogP contribution in [0.3, 0.4) is 0 Å². The van der Waals surface area contributed by atoms with Crippen molar-refractivity contribution in [2.45, 2.75) is 51.1 Å². The minimum atomic E-state index is -1.10. The predicted molar refractivity (Wildman–Crippen MR) is 62.7 cm³/mol. The van der Waals surface area contributed by atoms with Crippen LogP contribution in [-0.2, 0) is 4.79 Å². The standard InChI is InChI=1S/C12H20N2O3/c1-8-4-3-7-14(8)11(17)13-12(2,10(15)16)9-5-6-9/h8-9H,3-7H2,1-2H3,(H,13,17)(H,15,16). The molecule has 2 rings (SSSR count). The molecule has 5 heteroatoms. The molecule has 1 saturated carbocycles. The van der Waals surface area contributed by atoms with Gasteiger partial charge in [0.2, 0.25) is 0 Å². The Labute approximate surface area is 101 Å². The monoisotopic (exact) mass is 240 g/mol. The Morgan fingerprint density at radius 1 is 1.35 bits per heavy atom. The van der Waals surface area contributed by atoms with E-state index in [2.05, 4.69) is 5.32 Å². The third kappa shape index (κ3) is 2.23. The highest BCUT2D eigenvalue weighted by Gasteiger charge is 2.49. The van der Waals surface area contributed by atoms with Crippen molar-refractivity contribution in [3.63, 3.8) is 0 Å². The summed E-state index contributed by atoms with van der Waals surface area (Å²) in [5, 5.41) is 12.0. The van der Waals surface area contributed by atoms with Gasteiger partial charge in [0, 0.05) is 12.6 Å². The molecule has 2 atom stereocenters. The lowest BCUT2D eigenvalue weighted by atomic mass is 9.96. The predicted octanol–water partition coefficient (Wildman–Crippen LogP) is 1.43. The summed E-state index contributed by atoms with van der Waals surface area (Å²) >= 11 is 0. The van der Waals surface area contributed by atoms with Crippen LogP contribution in [0.1, 0.15) is 39.5 Å². The van der Waals surface area contributed by atoms with Crippen LogP contribution in [0.2, 0.25) is 0 Å². The first-order chi connectivity index (χ1) is 7.95. The maximum Gasteiger partial charge on any atom is 0.329 e. The summed E-state index contributed by atoms with van der Waals surface area (Å²) in [6.07, 6.45) is 3.78. The van der Waals surface area contributed by atoms with E-state index >= 15 is 0 Å². The fraction of sp³-hybridized carbons (Fsp3) is 0.833. The molecule has 0 spiro atoms. The van der Waals surface area contributed by atoms with Crippen molar-refractivity contribution in [3.8, 4) is 0 Å². The molecule has 0 radical (unpaired) electrons. The van der Waals surface area contributed by atoms with Crippen molar-refractivity contribution in [1.29, 1.82) is 0 Å². The highest BCUT2D eigenvalue weighted by Crippen LogP contribution is 2.40. The second-order valence-corrected chi connectivity index (χ2v) is 5.40. The molecule has 96 valence electrons. The zero-order valence-electron chi connectivity index (χ0n) is 10.4. The summed E-state index contributed by atoms with van der Waals surface area (Å²) in [5.74, 6) is -0.845. The number of likely N-dealkylation sites (tertiary alicyclic amines) is 1. The molecule has 5 nitrogen and oxygen atoms in total. The Morgan fingerprint density at radius 2 is 2.00 bits per heavy atom. The van der Waals surface area contributed by atoms with E-state index in [1.165, 1.54) is 0 Å². The molecular weight excluding hydrogens is 220 g/mol. The first-order valence-electron chi connectivity index (χ1n) is 6.27. The van der Waals surface area contributed by atoms with Crippen molar-refractivity contribution < 1.29 is 14.7 Å². The lowest BCUT2D eigenvalue weighted by Crippen LogP contribution is -2.58. The maximum absolute atomic E-state index is 12.1. The minimum Gasteiger partial charge on any atom is -0.480 e. The fourth-order valence-electron chi connectivity index (χ4n) is 2.52. The molecule has 2 unspecified atom stereocenters. The second kappa shape index (κ2) is 4.20. The molecule has 17 heavy (non-hydrogen) atoms. The Morgan fingerprint density at radius 3 is 2.41 bits per heavy atom. The largest absolute Gasteiger partial charge is 0.480 e. The molecule has 2 N–H and O–H groups in total. The van der Waals surface area contributed by atoms with Gasteiger partial charge in [0.25, 0.3) is 0 Å².